The van der Waals surface area contributed by atoms with Gasteiger partial charge in [0.25, 0.3) is 15.9 Å². The number of sulfonamides is 1. The molecule has 0 bridgehead atoms. The molecule has 3 rings (SSSR count). The number of rotatable bonds is 7. The van der Waals surface area contributed by atoms with Crippen LogP contribution in [0.1, 0.15) is 12.0 Å². The molecule has 8 heteroatoms. The van der Waals surface area contributed by atoms with Crippen LogP contribution in [0.5, 0.6) is 5.75 Å². The summed E-state index contributed by atoms with van der Waals surface area (Å²) < 4.78 is 32.6. The van der Waals surface area contributed by atoms with Gasteiger partial charge in [-0.25, -0.2) is 13.1 Å². The van der Waals surface area contributed by atoms with Crippen LogP contribution >= 0.6 is 12.4 Å². The highest BCUT2D eigenvalue weighted by Gasteiger charge is 2.56. The number of ether oxygens (including phenoxy) is 1. The summed E-state index contributed by atoms with van der Waals surface area (Å²) in [4.78, 5) is 12.1. The quantitative estimate of drug-likeness (QED) is 0.685. The van der Waals surface area contributed by atoms with E-state index in [2.05, 4.69) is 6.58 Å². The molecule has 1 amide bonds. The molecule has 1 saturated carbocycles. The Labute approximate surface area is 164 Å². The highest BCUT2D eigenvalue weighted by molar-refractivity contribution is 7.90. The lowest BCUT2D eigenvalue weighted by Gasteiger charge is -2.13. The lowest BCUT2D eigenvalue weighted by molar-refractivity contribution is -0.121. The second kappa shape index (κ2) is 8.12. The van der Waals surface area contributed by atoms with Crippen LogP contribution < -0.4 is 15.2 Å². The number of nitrogens with one attached hydrogen (secondary N) is 1. The number of hydrogen-bond donors (Lipinski definition) is 2. The SMILES string of the molecule is C=C[C@@H]1C[C@]1(N)C(=O)NS(=O)(=O)c1cccc(OCc2ccccc2)c1.Cl. The van der Waals surface area contributed by atoms with Crippen molar-refractivity contribution in [1.29, 1.82) is 0 Å². The average molecular weight is 409 g/mol. The van der Waals surface area contributed by atoms with Crippen molar-refractivity contribution >= 4 is 28.3 Å². The number of carbonyl (C=O) groups excluding carboxylic acids is 1. The zero-order chi connectivity index (χ0) is 18.8. The van der Waals surface area contributed by atoms with Gasteiger partial charge in [0.1, 0.15) is 17.9 Å². The van der Waals surface area contributed by atoms with E-state index < -0.39 is 21.5 Å². The van der Waals surface area contributed by atoms with Crippen molar-refractivity contribution in [3.05, 3.63) is 72.8 Å². The minimum Gasteiger partial charge on any atom is -0.489 e. The highest BCUT2D eigenvalue weighted by atomic mass is 35.5. The van der Waals surface area contributed by atoms with Crippen LogP contribution in [-0.2, 0) is 21.4 Å². The molecule has 1 aliphatic rings. The fourth-order valence-electron chi connectivity index (χ4n) is 2.61. The Morgan fingerprint density at radius 1 is 1.26 bits per heavy atom. The zero-order valence-electron chi connectivity index (χ0n) is 14.5. The van der Waals surface area contributed by atoms with Gasteiger partial charge in [0.2, 0.25) is 0 Å². The van der Waals surface area contributed by atoms with Gasteiger partial charge in [-0.05, 0) is 24.1 Å². The predicted molar refractivity (Wildman–Crippen MR) is 105 cm³/mol. The molecule has 144 valence electrons. The fourth-order valence-corrected chi connectivity index (χ4v) is 3.69. The molecule has 1 fully saturated rings. The Bertz CT molecular complexity index is 934. The smallest absolute Gasteiger partial charge is 0.264 e. The molecule has 6 nitrogen and oxygen atoms in total. The van der Waals surface area contributed by atoms with Gasteiger partial charge < -0.3 is 10.5 Å². The van der Waals surface area contributed by atoms with E-state index in [-0.39, 0.29) is 23.2 Å². The van der Waals surface area contributed by atoms with Gasteiger partial charge in [-0.3, -0.25) is 4.79 Å². The highest BCUT2D eigenvalue weighted by Crippen LogP contribution is 2.42. The van der Waals surface area contributed by atoms with Crippen LogP contribution in [0.3, 0.4) is 0 Å². The van der Waals surface area contributed by atoms with E-state index in [1.165, 1.54) is 12.1 Å². The maximum Gasteiger partial charge on any atom is 0.264 e. The molecular weight excluding hydrogens is 388 g/mol. The van der Waals surface area contributed by atoms with Crippen LogP contribution in [0.4, 0.5) is 0 Å². The van der Waals surface area contributed by atoms with Crippen LogP contribution in [0.15, 0.2) is 72.1 Å². The topological polar surface area (TPSA) is 98.5 Å². The molecule has 0 unspecified atom stereocenters. The van der Waals surface area contributed by atoms with E-state index in [0.717, 1.165) is 5.56 Å². The Kier molecular flexibility index (Phi) is 6.30. The van der Waals surface area contributed by atoms with Gasteiger partial charge in [0.05, 0.1) is 4.90 Å². The van der Waals surface area contributed by atoms with Crippen LogP contribution in [0, 0.1) is 5.92 Å². The first-order chi connectivity index (χ1) is 12.3. The summed E-state index contributed by atoms with van der Waals surface area (Å²) in [5.74, 6) is -0.543. The molecule has 0 radical (unpaired) electrons. The first-order valence-corrected chi connectivity index (χ1v) is 9.59. The monoisotopic (exact) mass is 408 g/mol. The number of benzene rings is 2. The second-order valence-electron chi connectivity index (χ2n) is 6.27. The number of carbonyl (C=O) groups is 1. The van der Waals surface area contributed by atoms with E-state index in [0.29, 0.717) is 18.8 Å². The molecule has 0 spiro atoms. The van der Waals surface area contributed by atoms with Gasteiger partial charge in [-0.1, -0.05) is 42.5 Å². The van der Waals surface area contributed by atoms with Crippen molar-refractivity contribution < 1.29 is 17.9 Å². The van der Waals surface area contributed by atoms with Gasteiger partial charge in [-0.15, -0.1) is 19.0 Å². The molecular formula is C19H21ClN2O4S. The third-order valence-corrected chi connectivity index (χ3v) is 5.69. The van der Waals surface area contributed by atoms with Crippen molar-refractivity contribution in [2.75, 3.05) is 0 Å². The van der Waals surface area contributed by atoms with Crippen molar-refractivity contribution in [3.8, 4) is 5.75 Å². The molecule has 2 aromatic carbocycles. The summed E-state index contributed by atoms with van der Waals surface area (Å²) in [6.07, 6.45) is 1.95. The summed E-state index contributed by atoms with van der Waals surface area (Å²) >= 11 is 0. The Hall–Kier alpha value is -2.35. The molecule has 1 aliphatic carbocycles. The Morgan fingerprint density at radius 2 is 1.96 bits per heavy atom. The Morgan fingerprint density at radius 3 is 2.59 bits per heavy atom. The van der Waals surface area contributed by atoms with Gasteiger partial charge >= 0.3 is 0 Å². The van der Waals surface area contributed by atoms with Gasteiger partial charge in [0, 0.05) is 12.0 Å². The number of hydrogen-bond acceptors (Lipinski definition) is 5. The summed E-state index contributed by atoms with van der Waals surface area (Å²) in [5.41, 5.74) is 5.66. The standard InChI is InChI=1S/C19H20N2O4S.ClH/c1-2-15-12-19(15,20)18(22)21-26(23,24)17-10-6-9-16(11-17)25-13-14-7-4-3-5-8-14;/h2-11,15H,1,12-13,20H2,(H,21,22);1H/t15-,19-;/m1./s1. The lowest BCUT2D eigenvalue weighted by atomic mass is 10.2. The molecule has 27 heavy (non-hydrogen) atoms. The van der Waals surface area contributed by atoms with E-state index in [9.17, 15) is 13.2 Å². The maximum atomic E-state index is 12.5. The minimum atomic E-state index is -4.03. The van der Waals surface area contributed by atoms with Crippen molar-refractivity contribution in [2.45, 2.75) is 23.5 Å². The van der Waals surface area contributed by atoms with Crippen LogP contribution in [0.2, 0.25) is 0 Å². The molecule has 2 aromatic rings. The normalized spacial score (nSPS) is 20.9. The maximum absolute atomic E-state index is 12.5. The second-order valence-corrected chi connectivity index (χ2v) is 7.95. The van der Waals surface area contributed by atoms with Crippen molar-refractivity contribution in [3.63, 3.8) is 0 Å². The molecule has 0 aliphatic heterocycles. The molecule has 0 aromatic heterocycles. The van der Waals surface area contributed by atoms with Gasteiger partial charge in [-0.2, -0.15) is 0 Å². The summed E-state index contributed by atoms with van der Waals surface area (Å²) in [7, 11) is -4.03. The summed E-state index contributed by atoms with van der Waals surface area (Å²) in [6, 6.07) is 15.5. The number of halogens is 1. The minimum absolute atomic E-state index is 0. The predicted octanol–water partition coefficient (Wildman–Crippen LogP) is 2.40. The van der Waals surface area contributed by atoms with Crippen LogP contribution in [0.25, 0.3) is 0 Å². The summed E-state index contributed by atoms with van der Waals surface area (Å²) in [6.45, 7) is 3.90. The fraction of sp³-hybridized carbons (Fsp3) is 0.211. The van der Waals surface area contributed by atoms with E-state index in [4.69, 9.17) is 10.5 Å². The largest absolute Gasteiger partial charge is 0.489 e. The third kappa shape index (κ3) is 4.68. The van der Waals surface area contributed by atoms with Crippen LogP contribution in [-0.4, -0.2) is 19.9 Å². The summed E-state index contributed by atoms with van der Waals surface area (Å²) in [5, 5.41) is 0. The van der Waals surface area contributed by atoms with Gasteiger partial charge in [0.15, 0.2) is 0 Å². The molecule has 0 saturated heterocycles. The number of amides is 1. The first-order valence-electron chi connectivity index (χ1n) is 8.10. The van der Waals surface area contributed by atoms with E-state index in [1.807, 2.05) is 35.1 Å². The Balaban J connectivity index is 0.00000261. The van der Waals surface area contributed by atoms with Crippen molar-refractivity contribution in [2.24, 2.45) is 11.7 Å². The van der Waals surface area contributed by atoms with E-state index in [1.54, 1.807) is 18.2 Å². The number of nitrogens with two attached hydrogens (primary N) is 1. The van der Waals surface area contributed by atoms with E-state index >= 15 is 0 Å². The zero-order valence-corrected chi connectivity index (χ0v) is 16.1. The molecule has 0 heterocycles. The molecule has 3 N–H and O–H groups in total. The third-order valence-electron chi connectivity index (χ3n) is 4.36. The lowest BCUT2D eigenvalue weighted by Crippen LogP contribution is -2.46. The van der Waals surface area contributed by atoms with Crippen molar-refractivity contribution in [1.82, 2.24) is 4.72 Å². The molecule has 2 atom stereocenters. The average Bonchev–Trinajstić information content (AvgIpc) is 3.33. The first kappa shape index (κ1) is 21.0.